The van der Waals surface area contributed by atoms with Gasteiger partial charge >= 0.3 is 6.18 Å². The van der Waals surface area contributed by atoms with Crippen molar-refractivity contribution in [1.82, 2.24) is 14.8 Å². The first-order valence-corrected chi connectivity index (χ1v) is 8.41. The van der Waals surface area contributed by atoms with Crippen molar-refractivity contribution < 1.29 is 13.2 Å². The zero-order chi connectivity index (χ0) is 19.4. The van der Waals surface area contributed by atoms with Crippen molar-refractivity contribution >= 4 is 29.0 Å². The molecule has 0 amide bonds. The molecule has 5 nitrogen and oxygen atoms in total. The van der Waals surface area contributed by atoms with E-state index in [1.807, 2.05) is 31.2 Å². The molecule has 0 aliphatic heterocycles. The van der Waals surface area contributed by atoms with Crippen molar-refractivity contribution in [3.63, 3.8) is 0 Å². The van der Waals surface area contributed by atoms with Crippen LogP contribution in [0.2, 0.25) is 0 Å². The molecule has 1 heterocycles. The van der Waals surface area contributed by atoms with E-state index in [2.05, 4.69) is 20.7 Å². The second-order valence-corrected chi connectivity index (χ2v) is 6.32. The second kappa shape index (κ2) is 7.75. The van der Waals surface area contributed by atoms with Crippen molar-refractivity contribution in [2.75, 3.05) is 10.6 Å². The Hall–Kier alpha value is -2.94. The molecular formula is C18H16F3N5S. The molecule has 9 heteroatoms. The molecule has 1 aromatic heterocycles. The number of rotatable bonds is 4. The molecule has 0 aliphatic carbocycles. The Kier molecular flexibility index (Phi) is 5.41. The standard InChI is InChI=1S/C18H16F3N5S/c1-12-5-7-13(8-6-12)10-26-11-22-16(25-26)24-17(27)23-15-4-2-3-14(9-15)18(19,20)21/h2-9,11H,10H2,1H3,(H2,23,24,25,27). The van der Waals surface area contributed by atoms with E-state index in [1.54, 1.807) is 11.0 Å². The van der Waals surface area contributed by atoms with Gasteiger partial charge < -0.3 is 5.32 Å². The number of hydrogen-bond acceptors (Lipinski definition) is 3. The van der Waals surface area contributed by atoms with Crippen LogP contribution >= 0.6 is 12.2 Å². The molecule has 0 aliphatic rings. The van der Waals surface area contributed by atoms with Crippen molar-refractivity contribution in [1.29, 1.82) is 0 Å². The van der Waals surface area contributed by atoms with Gasteiger partial charge in [-0.1, -0.05) is 35.9 Å². The highest BCUT2D eigenvalue weighted by atomic mass is 32.1. The molecule has 27 heavy (non-hydrogen) atoms. The van der Waals surface area contributed by atoms with Crippen LogP contribution < -0.4 is 10.6 Å². The van der Waals surface area contributed by atoms with E-state index in [4.69, 9.17) is 12.2 Å². The quantitative estimate of drug-likeness (QED) is 0.643. The molecule has 0 saturated heterocycles. The van der Waals surface area contributed by atoms with Crippen LogP contribution in [0, 0.1) is 6.92 Å². The Morgan fingerprint density at radius 3 is 2.56 bits per heavy atom. The molecule has 0 fully saturated rings. The Balaban J connectivity index is 1.60. The maximum absolute atomic E-state index is 12.8. The maximum atomic E-state index is 12.8. The first-order valence-electron chi connectivity index (χ1n) is 8.00. The average Bonchev–Trinajstić information content (AvgIpc) is 3.03. The highest BCUT2D eigenvalue weighted by Crippen LogP contribution is 2.30. The number of alkyl halides is 3. The van der Waals surface area contributed by atoms with Crippen molar-refractivity contribution in [3.8, 4) is 0 Å². The fraction of sp³-hybridized carbons (Fsp3) is 0.167. The summed E-state index contributed by atoms with van der Waals surface area (Å²) in [4.78, 5) is 4.10. The lowest BCUT2D eigenvalue weighted by Gasteiger charge is -2.11. The Labute approximate surface area is 159 Å². The molecule has 2 N–H and O–H groups in total. The van der Waals surface area contributed by atoms with E-state index < -0.39 is 11.7 Å². The maximum Gasteiger partial charge on any atom is 0.416 e. The van der Waals surface area contributed by atoms with E-state index in [0.717, 1.165) is 17.7 Å². The lowest BCUT2D eigenvalue weighted by Crippen LogP contribution is -2.20. The summed E-state index contributed by atoms with van der Waals surface area (Å²) in [5.41, 5.74) is 1.71. The highest BCUT2D eigenvalue weighted by Gasteiger charge is 2.30. The fourth-order valence-corrected chi connectivity index (χ4v) is 2.55. The second-order valence-electron chi connectivity index (χ2n) is 5.91. The number of halogens is 3. The largest absolute Gasteiger partial charge is 0.416 e. The fourth-order valence-electron chi connectivity index (χ4n) is 2.35. The molecule has 0 spiro atoms. The SMILES string of the molecule is Cc1ccc(Cn2cnc(NC(=S)Nc3cccc(C(F)(F)F)c3)n2)cc1. The molecule has 0 radical (unpaired) electrons. The summed E-state index contributed by atoms with van der Waals surface area (Å²) in [6, 6.07) is 12.8. The summed E-state index contributed by atoms with van der Waals surface area (Å²) < 4.78 is 39.9. The van der Waals surface area contributed by atoms with Crippen molar-refractivity contribution in [3.05, 3.63) is 71.5 Å². The minimum absolute atomic E-state index is 0.0995. The third-order valence-corrected chi connectivity index (χ3v) is 3.88. The van der Waals surface area contributed by atoms with Gasteiger partial charge in [0.2, 0.25) is 5.95 Å². The Morgan fingerprint density at radius 2 is 1.85 bits per heavy atom. The number of hydrogen-bond donors (Lipinski definition) is 2. The number of aryl methyl sites for hydroxylation is 1. The number of aromatic nitrogens is 3. The van der Waals surface area contributed by atoms with Crippen LogP contribution in [0.3, 0.4) is 0 Å². The Morgan fingerprint density at radius 1 is 1.11 bits per heavy atom. The molecule has 0 saturated carbocycles. The highest BCUT2D eigenvalue weighted by molar-refractivity contribution is 7.80. The number of thiocarbonyl (C=S) groups is 1. The summed E-state index contributed by atoms with van der Waals surface area (Å²) in [6.07, 6.45) is -2.86. The van der Waals surface area contributed by atoms with E-state index in [-0.39, 0.29) is 16.7 Å². The summed E-state index contributed by atoms with van der Waals surface area (Å²) in [5, 5.41) is 9.81. The number of benzene rings is 2. The van der Waals surface area contributed by atoms with Crippen LogP contribution in [-0.2, 0) is 12.7 Å². The Bertz CT molecular complexity index is 935. The van der Waals surface area contributed by atoms with Crippen molar-refractivity contribution in [2.24, 2.45) is 0 Å². The number of anilines is 2. The van der Waals surface area contributed by atoms with Crippen LogP contribution in [0.15, 0.2) is 54.9 Å². The van der Waals surface area contributed by atoms with E-state index in [0.29, 0.717) is 6.54 Å². The third kappa shape index (κ3) is 5.27. The van der Waals surface area contributed by atoms with Crippen LogP contribution in [0.4, 0.5) is 24.8 Å². The summed E-state index contributed by atoms with van der Waals surface area (Å²) in [7, 11) is 0. The molecule has 0 bridgehead atoms. The molecule has 2 aromatic carbocycles. The van der Waals surface area contributed by atoms with Crippen molar-refractivity contribution in [2.45, 2.75) is 19.6 Å². The van der Waals surface area contributed by atoms with E-state index in [9.17, 15) is 13.2 Å². The molecule has 0 atom stereocenters. The zero-order valence-electron chi connectivity index (χ0n) is 14.3. The predicted molar refractivity (Wildman–Crippen MR) is 102 cm³/mol. The first kappa shape index (κ1) is 18.8. The predicted octanol–water partition coefficient (Wildman–Crippen LogP) is 4.46. The van der Waals surface area contributed by atoms with Gasteiger partial charge in [-0.05, 0) is 42.9 Å². The smallest absolute Gasteiger partial charge is 0.332 e. The molecule has 0 unspecified atom stereocenters. The minimum Gasteiger partial charge on any atom is -0.332 e. The number of nitrogens with zero attached hydrogens (tertiary/aromatic N) is 3. The topological polar surface area (TPSA) is 54.8 Å². The molecule has 3 rings (SSSR count). The zero-order valence-corrected chi connectivity index (χ0v) is 15.1. The van der Waals surface area contributed by atoms with Crippen LogP contribution in [0.1, 0.15) is 16.7 Å². The summed E-state index contributed by atoms with van der Waals surface area (Å²) >= 11 is 5.12. The summed E-state index contributed by atoms with van der Waals surface area (Å²) in [5.74, 6) is 0.256. The van der Waals surface area contributed by atoms with Gasteiger partial charge in [-0.15, -0.1) is 5.10 Å². The van der Waals surface area contributed by atoms with Gasteiger partial charge in [0.25, 0.3) is 0 Å². The normalized spacial score (nSPS) is 11.3. The lowest BCUT2D eigenvalue weighted by molar-refractivity contribution is -0.137. The van der Waals surface area contributed by atoms with Gasteiger partial charge in [0, 0.05) is 5.69 Å². The monoisotopic (exact) mass is 391 g/mol. The van der Waals surface area contributed by atoms with Gasteiger partial charge in [-0.3, -0.25) is 5.32 Å². The molecule has 3 aromatic rings. The van der Waals surface area contributed by atoms with E-state index in [1.165, 1.54) is 17.7 Å². The summed E-state index contributed by atoms with van der Waals surface area (Å²) in [6.45, 7) is 2.56. The van der Waals surface area contributed by atoms with E-state index >= 15 is 0 Å². The van der Waals surface area contributed by atoms with Gasteiger partial charge in [0.05, 0.1) is 12.1 Å². The van der Waals surface area contributed by atoms with Gasteiger partial charge in [0.1, 0.15) is 6.33 Å². The third-order valence-electron chi connectivity index (χ3n) is 3.67. The number of nitrogens with one attached hydrogen (secondary N) is 2. The van der Waals surface area contributed by atoms with Gasteiger partial charge in [-0.25, -0.2) is 9.67 Å². The lowest BCUT2D eigenvalue weighted by atomic mass is 10.1. The van der Waals surface area contributed by atoms with Crippen LogP contribution in [0.25, 0.3) is 0 Å². The average molecular weight is 391 g/mol. The van der Waals surface area contributed by atoms with Gasteiger partial charge in [-0.2, -0.15) is 13.2 Å². The first-order chi connectivity index (χ1) is 12.8. The van der Waals surface area contributed by atoms with Gasteiger partial charge in [0.15, 0.2) is 5.11 Å². The molecular weight excluding hydrogens is 375 g/mol. The van der Waals surface area contributed by atoms with Crippen LogP contribution in [-0.4, -0.2) is 19.9 Å². The molecule has 140 valence electrons. The van der Waals surface area contributed by atoms with Crippen LogP contribution in [0.5, 0.6) is 0 Å². The minimum atomic E-state index is -4.41.